The van der Waals surface area contributed by atoms with Gasteiger partial charge in [-0.1, -0.05) is 36.4 Å². The Bertz CT molecular complexity index is 2530. The summed E-state index contributed by atoms with van der Waals surface area (Å²) in [7, 11) is 1.42. The number of thiophene rings is 2. The maximum Gasteiger partial charge on any atom is 0.380 e. The Kier molecular flexibility index (Phi) is 8.74. The van der Waals surface area contributed by atoms with Crippen LogP contribution in [-0.2, 0) is 0 Å². The van der Waals surface area contributed by atoms with Crippen LogP contribution in [0.2, 0.25) is 0 Å². The molecule has 0 fully saturated rings. The van der Waals surface area contributed by atoms with Crippen LogP contribution in [0.5, 0.6) is 5.75 Å². The fourth-order valence-electron chi connectivity index (χ4n) is 6.16. The highest BCUT2D eigenvalue weighted by Gasteiger charge is 2.80. The molecular formula is C41H21F6N3OS2. The van der Waals surface area contributed by atoms with Crippen LogP contribution < -0.4 is 4.74 Å². The maximum atomic E-state index is 16.5. The Morgan fingerprint density at radius 1 is 0.491 bits per heavy atom. The number of rotatable bonds is 7. The van der Waals surface area contributed by atoms with E-state index in [1.807, 2.05) is 18.2 Å². The molecule has 0 saturated heterocycles. The third kappa shape index (κ3) is 5.75. The first-order valence-corrected chi connectivity index (χ1v) is 17.3. The second-order valence-electron chi connectivity index (χ2n) is 12.0. The molecule has 0 amide bonds. The minimum absolute atomic E-state index is 0.00284. The maximum absolute atomic E-state index is 16.5. The molecule has 0 saturated carbocycles. The number of benzene rings is 4. The number of alkyl halides is 6. The Hall–Kier alpha value is -6.13. The molecule has 0 spiro atoms. The molecule has 53 heavy (non-hydrogen) atoms. The van der Waals surface area contributed by atoms with Gasteiger partial charge in [-0.25, -0.2) is 0 Å². The molecule has 1 aliphatic rings. The number of ether oxygens (including phenoxy) is 1. The Labute approximate surface area is 307 Å². The van der Waals surface area contributed by atoms with Gasteiger partial charge in [0.05, 0.1) is 42.0 Å². The van der Waals surface area contributed by atoms with Crippen LogP contribution in [0.4, 0.5) is 26.3 Å². The van der Waals surface area contributed by atoms with Crippen LogP contribution in [0.15, 0.2) is 109 Å². The molecule has 0 aliphatic heterocycles. The van der Waals surface area contributed by atoms with Crippen molar-refractivity contribution in [3.8, 4) is 65.7 Å². The van der Waals surface area contributed by atoms with Gasteiger partial charge in [0, 0.05) is 41.8 Å². The van der Waals surface area contributed by atoms with E-state index < -0.39 is 40.0 Å². The topological polar surface area (TPSA) is 80.6 Å². The third-order valence-corrected chi connectivity index (χ3v) is 11.4. The van der Waals surface area contributed by atoms with Gasteiger partial charge in [0.1, 0.15) is 5.75 Å². The van der Waals surface area contributed by atoms with E-state index >= 15 is 26.3 Å². The van der Waals surface area contributed by atoms with Gasteiger partial charge < -0.3 is 4.74 Å². The second kappa shape index (κ2) is 13.1. The van der Waals surface area contributed by atoms with Gasteiger partial charge in [0.25, 0.3) is 0 Å². The zero-order chi connectivity index (χ0) is 37.7. The molecule has 12 heteroatoms. The van der Waals surface area contributed by atoms with E-state index in [2.05, 4.69) is 0 Å². The summed E-state index contributed by atoms with van der Waals surface area (Å²) in [5.74, 6) is -16.1. The van der Waals surface area contributed by atoms with Gasteiger partial charge in [-0.2, -0.15) is 42.1 Å². The highest BCUT2D eigenvalue weighted by molar-refractivity contribution is 7.19. The quantitative estimate of drug-likeness (QED) is 0.152. The number of allylic oxidation sites excluding steroid dienone is 2. The molecule has 2 aromatic heterocycles. The lowest BCUT2D eigenvalue weighted by Gasteiger charge is -2.26. The van der Waals surface area contributed by atoms with E-state index in [4.69, 9.17) is 4.74 Å². The monoisotopic (exact) mass is 749 g/mol. The molecule has 0 radical (unpaired) electrons. The average molecular weight is 750 g/mol. The molecule has 0 bridgehead atoms. The van der Waals surface area contributed by atoms with E-state index in [0.717, 1.165) is 22.7 Å². The van der Waals surface area contributed by atoms with Crippen molar-refractivity contribution in [1.82, 2.24) is 0 Å². The lowest BCUT2D eigenvalue weighted by molar-refractivity contribution is -0.254. The summed E-state index contributed by atoms with van der Waals surface area (Å²) in [6.45, 7) is 0. The molecule has 7 rings (SSSR count). The summed E-state index contributed by atoms with van der Waals surface area (Å²) in [5.41, 5.74) is -1.78. The van der Waals surface area contributed by atoms with Crippen LogP contribution in [0.3, 0.4) is 0 Å². The first kappa shape index (κ1) is 35.3. The van der Waals surface area contributed by atoms with E-state index in [9.17, 15) is 15.8 Å². The first-order chi connectivity index (χ1) is 25.3. The smallest absolute Gasteiger partial charge is 0.380 e. The predicted molar refractivity (Wildman–Crippen MR) is 193 cm³/mol. The van der Waals surface area contributed by atoms with Crippen molar-refractivity contribution in [2.24, 2.45) is 0 Å². The van der Waals surface area contributed by atoms with Gasteiger partial charge >= 0.3 is 17.8 Å². The number of hydrogen-bond donors (Lipinski definition) is 0. The van der Waals surface area contributed by atoms with E-state index in [-0.39, 0.29) is 20.9 Å². The normalized spacial score (nSPS) is 15.4. The lowest BCUT2D eigenvalue weighted by Crippen LogP contribution is -2.48. The number of nitrogens with zero attached hydrogens (tertiary/aromatic N) is 3. The summed E-state index contributed by atoms with van der Waals surface area (Å²) in [5, 5.41) is 27.9. The highest BCUT2D eigenvalue weighted by atomic mass is 32.1. The van der Waals surface area contributed by atoms with E-state index in [0.29, 0.717) is 43.3 Å². The molecule has 0 atom stereocenters. The van der Waals surface area contributed by atoms with Gasteiger partial charge in [-0.3, -0.25) is 0 Å². The summed E-state index contributed by atoms with van der Waals surface area (Å²) in [6.07, 6.45) is 0. The average Bonchev–Trinajstić information content (AvgIpc) is 3.84. The molecule has 6 aromatic rings. The van der Waals surface area contributed by atoms with Gasteiger partial charge in [0.15, 0.2) is 0 Å². The fraction of sp³-hybridized carbons (Fsp3) is 0.0976. The Balaban J connectivity index is 1.57. The summed E-state index contributed by atoms with van der Waals surface area (Å²) >= 11 is 1.88. The SMILES string of the molecule is COc1ccc(-c2sc(-c3ccc(C#N)cc3)cc2C2=C(c3cc(-c4ccc(C#N)cc4)sc3-c3ccc(C#N)cc3)C(F)(F)C(F)(F)C2(F)F)cc1. The molecular weight excluding hydrogens is 729 g/mol. The van der Waals surface area contributed by atoms with Crippen LogP contribution in [0.25, 0.3) is 52.9 Å². The Morgan fingerprint density at radius 3 is 1.13 bits per heavy atom. The van der Waals surface area contributed by atoms with Crippen LogP contribution in [0, 0.1) is 34.0 Å². The summed E-state index contributed by atoms with van der Waals surface area (Å²) < 4.78 is 103. The van der Waals surface area contributed by atoms with Gasteiger partial charge in [0.2, 0.25) is 0 Å². The zero-order valence-electron chi connectivity index (χ0n) is 27.2. The van der Waals surface area contributed by atoms with Crippen LogP contribution in [-0.4, -0.2) is 24.9 Å². The fourth-order valence-corrected chi connectivity index (χ4v) is 8.51. The lowest BCUT2D eigenvalue weighted by atomic mass is 9.91. The minimum atomic E-state index is -5.84. The van der Waals surface area contributed by atoms with E-state index in [1.165, 1.54) is 92.0 Å². The molecule has 0 unspecified atom stereocenters. The summed E-state index contributed by atoms with van der Waals surface area (Å²) in [4.78, 5) is 0.648. The third-order valence-electron chi connectivity index (χ3n) is 8.89. The molecule has 2 heterocycles. The van der Waals surface area contributed by atoms with Gasteiger partial charge in [-0.15, -0.1) is 22.7 Å². The van der Waals surface area contributed by atoms with Gasteiger partial charge in [-0.05, 0) is 95.1 Å². The van der Waals surface area contributed by atoms with Crippen molar-refractivity contribution in [2.75, 3.05) is 7.11 Å². The standard InChI is InChI=1S/C41H21F6N3OS2/c1-51-30-16-14-29(15-17-30)38-32(19-34(53-38)27-10-4-24(21-49)5-11-27)36-35(39(42,43)41(46,47)40(36,44)45)31-18-33(26-8-2-23(20-48)3-9-26)52-37(31)28-12-6-25(22-50)7-13-28/h2-19H,1H3. The largest absolute Gasteiger partial charge is 0.497 e. The molecule has 260 valence electrons. The molecule has 4 nitrogen and oxygen atoms in total. The predicted octanol–water partition coefficient (Wildman–Crippen LogP) is 11.9. The van der Waals surface area contributed by atoms with Crippen LogP contribution >= 0.6 is 22.7 Å². The molecule has 1 aliphatic carbocycles. The second-order valence-corrected chi connectivity index (χ2v) is 14.1. The van der Waals surface area contributed by atoms with Crippen molar-refractivity contribution < 1.29 is 31.1 Å². The van der Waals surface area contributed by atoms with E-state index in [1.54, 1.807) is 24.3 Å². The zero-order valence-corrected chi connectivity index (χ0v) is 28.9. The summed E-state index contributed by atoms with van der Waals surface area (Å²) in [6, 6.07) is 32.4. The number of halogens is 6. The first-order valence-electron chi connectivity index (χ1n) is 15.7. The molecule has 0 N–H and O–H groups in total. The minimum Gasteiger partial charge on any atom is -0.497 e. The van der Waals surface area contributed by atoms with Crippen molar-refractivity contribution in [2.45, 2.75) is 17.8 Å². The van der Waals surface area contributed by atoms with Crippen LogP contribution in [0.1, 0.15) is 27.8 Å². The van der Waals surface area contributed by atoms with Crippen molar-refractivity contribution in [3.05, 3.63) is 137 Å². The van der Waals surface area contributed by atoms with Crippen molar-refractivity contribution in [1.29, 1.82) is 15.8 Å². The van der Waals surface area contributed by atoms with Crippen molar-refractivity contribution in [3.63, 3.8) is 0 Å². The Morgan fingerprint density at radius 2 is 0.811 bits per heavy atom. The number of methoxy groups -OCH3 is 1. The molecule has 4 aromatic carbocycles. The van der Waals surface area contributed by atoms with Crippen molar-refractivity contribution >= 4 is 33.8 Å². The highest BCUT2D eigenvalue weighted by Crippen LogP contribution is 2.67. The number of nitriles is 3. The number of hydrogen-bond acceptors (Lipinski definition) is 6.